The molecule has 1 aliphatic rings. The molecule has 2 aromatic rings. The summed E-state index contributed by atoms with van der Waals surface area (Å²) < 4.78 is 0. The van der Waals surface area contributed by atoms with E-state index in [2.05, 4.69) is 11.4 Å². The van der Waals surface area contributed by atoms with E-state index in [-0.39, 0.29) is 5.78 Å². The van der Waals surface area contributed by atoms with Crippen molar-refractivity contribution >= 4 is 17.4 Å². The Morgan fingerprint density at radius 3 is 2.86 bits per heavy atom. The zero-order valence-electron chi connectivity index (χ0n) is 12.1. The van der Waals surface area contributed by atoms with Gasteiger partial charge in [0.05, 0.1) is 0 Å². The van der Waals surface area contributed by atoms with Crippen molar-refractivity contribution in [2.45, 2.75) is 26.3 Å². The number of carbonyl (C=O) groups excluding carboxylic acids is 1. The predicted octanol–water partition coefficient (Wildman–Crippen LogP) is 3.72. The normalized spacial score (nSPS) is 13.8. The van der Waals surface area contributed by atoms with Crippen molar-refractivity contribution in [2.75, 3.05) is 6.54 Å². The number of aryl methyl sites for hydroxylation is 1. The first-order valence-corrected chi connectivity index (χ1v) is 7.62. The van der Waals surface area contributed by atoms with Crippen LogP contribution in [0.4, 0.5) is 0 Å². The number of fused-ring (bicyclic) bond motifs is 1. The van der Waals surface area contributed by atoms with E-state index >= 15 is 0 Å². The Morgan fingerprint density at radius 1 is 1.19 bits per heavy atom. The largest absolute Gasteiger partial charge is 0.312 e. The summed E-state index contributed by atoms with van der Waals surface area (Å²) in [4.78, 5) is 12.5. The summed E-state index contributed by atoms with van der Waals surface area (Å²) >= 11 is 6.21. The Kier molecular flexibility index (Phi) is 4.09. The van der Waals surface area contributed by atoms with Crippen molar-refractivity contribution in [3.63, 3.8) is 0 Å². The van der Waals surface area contributed by atoms with Crippen LogP contribution in [0.25, 0.3) is 0 Å². The molecule has 0 spiro atoms. The number of ketones is 1. The topological polar surface area (TPSA) is 29.1 Å². The van der Waals surface area contributed by atoms with Gasteiger partial charge in [-0.15, -0.1) is 0 Å². The summed E-state index contributed by atoms with van der Waals surface area (Å²) in [7, 11) is 0. The third-order valence-corrected chi connectivity index (χ3v) is 4.33. The third kappa shape index (κ3) is 3.17. The van der Waals surface area contributed by atoms with Gasteiger partial charge in [-0.2, -0.15) is 0 Å². The first-order valence-electron chi connectivity index (χ1n) is 7.24. The van der Waals surface area contributed by atoms with Crippen LogP contribution in [0.2, 0.25) is 5.02 Å². The Balaban J connectivity index is 1.82. The van der Waals surface area contributed by atoms with Gasteiger partial charge in [0.25, 0.3) is 0 Å². The van der Waals surface area contributed by atoms with Gasteiger partial charge in [-0.1, -0.05) is 35.9 Å². The highest BCUT2D eigenvalue weighted by Gasteiger charge is 2.14. The lowest BCUT2D eigenvalue weighted by Gasteiger charge is -2.17. The van der Waals surface area contributed by atoms with E-state index in [0.717, 1.165) is 36.2 Å². The van der Waals surface area contributed by atoms with E-state index < -0.39 is 0 Å². The van der Waals surface area contributed by atoms with Crippen LogP contribution in [-0.2, 0) is 19.4 Å². The quantitative estimate of drug-likeness (QED) is 0.875. The van der Waals surface area contributed by atoms with Gasteiger partial charge < -0.3 is 5.32 Å². The molecule has 0 aromatic heterocycles. The monoisotopic (exact) mass is 299 g/mol. The molecule has 1 N–H and O–H groups in total. The van der Waals surface area contributed by atoms with E-state index in [9.17, 15) is 4.79 Å². The molecule has 0 amide bonds. The molecule has 0 fully saturated rings. The molecule has 0 radical (unpaired) electrons. The number of carbonyl (C=O) groups is 1. The second-order valence-electron chi connectivity index (χ2n) is 5.61. The van der Waals surface area contributed by atoms with E-state index in [1.54, 1.807) is 0 Å². The smallest absolute Gasteiger partial charge is 0.167 e. The fourth-order valence-corrected chi connectivity index (χ4v) is 3.03. The Morgan fingerprint density at radius 2 is 2.05 bits per heavy atom. The van der Waals surface area contributed by atoms with Gasteiger partial charge in [-0.05, 0) is 54.3 Å². The maximum Gasteiger partial charge on any atom is 0.167 e. The fourth-order valence-electron chi connectivity index (χ4n) is 2.72. The minimum atomic E-state index is 0.120. The molecule has 0 bridgehead atoms. The van der Waals surface area contributed by atoms with Crippen molar-refractivity contribution in [3.8, 4) is 0 Å². The van der Waals surface area contributed by atoms with Crippen LogP contribution in [0.15, 0.2) is 36.4 Å². The summed E-state index contributed by atoms with van der Waals surface area (Å²) in [5.74, 6) is 0.120. The van der Waals surface area contributed by atoms with Gasteiger partial charge in [-0.3, -0.25) is 4.79 Å². The molecule has 2 aromatic carbocycles. The summed E-state index contributed by atoms with van der Waals surface area (Å²) in [6.07, 6.45) is 1.39. The van der Waals surface area contributed by atoms with Crippen molar-refractivity contribution in [1.82, 2.24) is 5.32 Å². The van der Waals surface area contributed by atoms with E-state index in [0.29, 0.717) is 11.4 Å². The van der Waals surface area contributed by atoms with Crippen LogP contribution in [0, 0.1) is 6.92 Å². The standard InChI is InChI=1S/C18H18ClNO/c1-12-2-3-14(17(19)8-12)10-18(21)15-5-4-13-6-7-20-11-16(13)9-15/h2-5,8-9,20H,6-7,10-11H2,1H3. The number of hydrogen-bond acceptors (Lipinski definition) is 2. The van der Waals surface area contributed by atoms with Crippen LogP contribution in [0.1, 0.15) is 32.6 Å². The van der Waals surface area contributed by atoms with Crippen LogP contribution in [0.3, 0.4) is 0 Å². The molecule has 108 valence electrons. The van der Waals surface area contributed by atoms with Crippen molar-refractivity contribution < 1.29 is 4.79 Å². The van der Waals surface area contributed by atoms with E-state index in [1.165, 1.54) is 11.1 Å². The molecular formula is C18H18ClNO. The summed E-state index contributed by atoms with van der Waals surface area (Å²) in [5.41, 5.74) is 5.36. The first-order chi connectivity index (χ1) is 10.1. The highest BCUT2D eigenvalue weighted by Crippen LogP contribution is 2.21. The van der Waals surface area contributed by atoms with Crippen LogP contribution in [0.5, 0.6) is 0 Å². The van der Waals surface area contributed by atoms with E-state index in [1.807, 2.05) is 37.3 Å². The molecule has 0 unspecified atom stereocenters. The lowest BCUT2D eigenvalue weighted by Crippen LogP contribution is -2.23. The van der Waals surface area contributed by atoms with Gasteiger partial charge in [-0.25, -0.2) is 0 Å². The molecule has 0 atom stereocenters. The SMILES string of the molecule is Cc1ccc(CC(=O)c2ccc3c(c2)CNCC3)c(Cl)c1. The highest BCUT2D eigenvalue weighted by atomic mass is 35.5. The Labute approximate surface area is 130 Å². The minimum Gasteiger partial charge on any atom is -0.312 e. The average Bonchev–Trinajstić information content (AvgIpc) is 2.49. The number of halogens is 1. The number of hydrogen-bond donors (Lipinski definition) is 1. The van der Waals surface area contributed by atoms with E-state index in [4.69, 9.17) is 11.6 Å². The lowest BCUT2D eigenvalue weighted by molar-refractivity contribution is 0.0993. The Bertz CT molecular complexity index is 694. The number of rotatable bonds is 3. The number of Topliss-reactive ketones (excluding diaryl/α,β-unsaturated/α-hetero) is 1. The highest BCUT2D eigenvalue weighted by molar-refractivity contribution is 6.31. The molecule has 1 heterocycles. The molecule has 1 aliphatic heterocycles. The second kappa shape index (κ2) is 6.00. The average molecular weight is 300 g/mol. The van der Waals surface area contributed by atoms with Gasteiger partial charge in [0.1, 0.15) is 0 Å². The van der Waals surface area contributed by atoms with Crippen molar-refractivity contribution in [3.05, 3.63) is 69.2 Å². The third-order valence-electron chi connectivity index (χ3n) is 3.97. The summed E-state index contributed by atoms with van der Waals surface area (Å²) in [5, 5.41) is 4.01. The molecule has 3 heteroatoms. The molecular weight excluding hydrogens is 282 g/mol. The second-order valence-corrected chi connectivity index (χ2v) is 6.01. The fraction of sp³-hybridized carbons (Fsp3) is 0.278. The molecule has 21 heavy (non-hydrogen) atoms. The summed E-state index contributed by atoms with van der Waals surface area (Å²) in [6.45, 7) is 3.86. The Hall–Kier alpha value is -1.64. The van der Waals surface area contributed by atoms with Crippen molar-refractivity contribution in [2.24, 2.45) is 0 Å². The van der Waals surface area contributed by atoms with Crippen LogP contribution >= 0.6 is 11.6 Å². The van der Waals surface area contributed by atoms with Gasteiger partial charge >= 0.3 is 0 Å². The van der Waals surface area contributed by atoms with Crippen LogP contribution in [-0.4, -0.2) is 12.3 Å². The van der Waals surface area contributed by atoms with Gasteiger partial charge in [0, 0.05) is 23.6 Å². The molecule has 0 aliphatic carbocycles. The molecule has 0 saturated carbocycles. The van der Waals surface area contributed by atoms with Crippen LogP contribution < -0.4 is 5.32 Å². The molecule has 0 saturated heterocycles. The first kappa shape index (κ1) is 14.3. The van der Waals surface area contributed by atoms with Crippen molar-refractivity contribution in [1.29, 1.82) is 0 Å². The zero-order chi connectivity index (χ0) is 14.8. The molecule has 2 nitrogen and oxygen atoms in total. The minimum absolute atomic E-state index is 0.120. The maximum absolute atomic E-state index is 12.5. The molecule has 3 rings (SSSR count). The lowest BCUT2D eigenvalue weighted by atomic mass is 9.95. The van der Waals surface area contributed by atoms with Gasteiger partial charge in [0.2, 0.25) is 0 Å². The van der Waals surface area contributed by atoms with Gasteiger partial charge in [0.15, 0.2) is 5.78 Å². The summed E-state index contributed by atoms with van der Waals surface area (Å²) in [6, 6.07) is 11.9. The predicted molar refractivity (Wildman–Crippen MR) is 86.1 cm³/mol. The number of benzene rings is 2. The maximum atomic E-state index is 12.5. The number of nitrogens with one attached hydrogen (secondary N) is 1. The zero-order valence-corrected chi connectivity index (χ0v) is 12.8.